The summed E-state index contributed by atoms with van der Waals surface area (Å²) < 4.78 is 0. The lowest BCUT2D eigenvalue weighted by Crippen LogP contribution is -2.47. The molecule has 1 aliphatic carbocycles. The lowest BCUT2D eigenvalue weighted by Gasteiger charge is -2.33. The van der Waals surface area contributed by atoms with Gasteiger partial charge in [-0.15, -0.1) is 0 Å². The molecule has 2 unspecified atom stereocenters. The summed E-state index contributed by atoms with van der Waals surface area (Å²) in [6.07, 6.45) is 1.28. The second-order valence-electron chi connectivity index (χ2n) is 6.00. The van der Waals surface area contributed by atoms with Crippen molar-refractivity contribution in [1.29, 1.82) is 0 Å². The number of guanidine groups is 1. The molecule has 1 heterocycles. The van der Waals surface area contributed by atoms with Gasteiger partial charge in [0.15, 0.2) is 5.96 Å². The zero-order valence-electron chi connectivity index (χ0n) is 13.4. The van der Waals surface area contributed by atoms with E-state index in [-0.39, 0.29) is 0 Å². The van der Waals surface area contributed by atoms with Crippen molar-refractivity contribution in [1.82, 2.24) is 20.4 Å². The predicted molar refractivity (Wildman–Crippen MR) is 85.2 cm³/mol. The Labute approximate surface area is 123 Å². The van der Waals surface area contributed by atoms with Crippen LogP contribution in [0.5, 0.6) is 0 Å². The minimum Gasteiger partial charge on any atom is -0.357 e. The van der Waals surface area contributed by atoms with Crippen molar-refractivity contribution in [3.8, 4) is 0 Å². The highest BCUT2D eigenvalue weighted by molar-refractivity contribution is 5.80. The van der Waals surface area contributed by atoms with Gasteiger partial charge in [0.2, 0.25) is 0 Å². The molecule has 2 atom stereocenters. The number of hydrogen-bond acceptors (Lipinski definition) is 3. The Morgan fingerprint density at radius 3 is 2.35 bits per heavy atom. The number of nitrogens with one attached hydrogen (secondary N) is 2. The van der Waals surface area contributed by atoms with Crippen LogP contribution in [0.3, 0.4) is 0 Å². The van der Waals surface area contributed by atoms with Crippen LogP contribution in [0.2, 0.25) is 0 Å². The molecule has 1 saturated heterocycles. The molecule has 1 aliphatic heterocycles. The van der Waals surface area contributed by atoms with Crippen LogP contribution in [0, 0.1) is 5.92 Å². The second kappa shape index (κ2) is 7.84. The van der Waals surface area contributed by atoms with Crippen molar-refractivity contribution in [3.05, 3.63) is 0 Å². The predicted octanol–water partition coefficient (Wildman–Crippen LogP) is 0.587. The summed E-state index contributed by atoms with van der Waals surface area (Å²) in [5, 5.41) is 6.85. The number of piperazine rings is 1. The standard InChI is InChI=1S/C15H31N5/c1-4-16-15(18-14-12-13(14)3)17-6-7-20-10-8-19(5-2)9-11-20/h13-14H,4-12H2,1-3H3,(H2,16,17,18). The Morgan fingerprint density at radius 2 is 1.80 bits per heavy atom. The molecule has 0 bridgehead atoms. The first kappa shape index (κ1) is 15.6. The number of rotatable bonds is 6. The highest BCUT2D eigenvalue weighted by Crippen LogP contribution is 2.28. The SMILES string of the molecule is CCNC(=NCCN1CCN(CC)CC1)NC1CC1C. The van der Waals surface area contributed by atoms with Crippen LogP contribution in [0.4, 0.5) is 0 Å². The van der Waals surface area contributed by atoms with Gasteiger partial charge >= 0.3 is 0 Å². The highest BCUT2D eigenvalue weighted by atomic mass is 15.3. The van der Waals surface area contributed by atoms with E-state index in [1.54, 1.807) is 0 Å². The quantitative estimate of drug-likeness (QED) is 0.552. The summed E-state index contributed by atoms with van der Waals surface area (Å²) in [5.74, 6) is 1.80. The van der Waals surface area contributed by atoms with Crippen molar-refractivity contribution in [2.75, 3.05) is 52.4 Å². The van der Waals surface area contributed by atoms with Gasteiger partial charge in [-0.1, -0.05) is 13.8 Å². The van der Waals surface area contributed by atoms with Crippen molar-refractivity contribution < 1.29 is 0 Å². The van der Waals surface area contributed by atoms with E-state index < -0.39 is 0 Å². The molecule has 0 aromatic rings. The Bertz CT molecular complexity index is 309. The van der Waals surface area contributed by atoms with Crippen LogP contribution in [0.15, 0.2) is 4.99 Å². The zero-order chi connectivity index (χ0) is 14.4. The maximum atomic E-state index is 4.70. The van der Waals surface area contributed by atoms with Gasteiger partial charge < -0.3 is 15.5 Å². The van der Waals surface area contributed by atoms with Gasteiger partial charge in [-0.3, -0.25) is 9.89 Å². The smallest absolute Gasteiger partial charge is 0.191 e. The van der Waals surface area contributed by atoms with Gasteiger partial charge in [0.1, 0.15) is 0 Å². The Kier molecular flexibility index (Phi) is 6.10. The van der Waals surface area contributed by atoms with Gasteiger partial charge in [0, 0.05) is 45.3 Å². The third-order valence-corrected chi connectivity index (χ3v) is 4.37. The summed E-state index contributed by atoms with van der Waals surface area (Å²) in [4.78, 5) is 9.74. The first-order valence-corrected chi connectivity index (χ1v) is 8.22. The van der Waals surface area contributed by atoms with Gasteiger partial charge in [-0.05, 0) is 25.8 Å². The van der Waals surface area contributed by atoms with Crippen LogP contribution in [0.25, 0.3) is 0 Å². The normalized spacial score (nSPS) is 28.4. The fourth-order valence-electron chi connectivity index (χ4n) is 2.65. The summed E-state index contributed by atoms with van der Waals surface area (Å²) in [6.45, 7) is 15.5. The fraction of sp³-hybridized carbons (Fsp3) is 0.933. The maximum absolute atomic E-state index is 4.70. The Hall–Kier alpha value is -0.810. The first-order valence-electron chi connectivity index (χ1n) is 8.22. The van der Waals surface area contributed by atoms with Gasteiger partial charge in [-0.2, -0.15) is 0 Å². The molecule has 20 heavy (non-hydrogen) atoms. The number of nitrogens with zero attached hydrogens (tertiary/aromatic N) is 3. The Balaban J connectivity index is 1.67. The highest BCUT2D eigenvalue weighted by Gasteiger charge is 2.33. The molecule has 2 fully saturated rings. The first-order chi connectivity index (χ1) is 9.72. The molecule has 0 spiro atoms. The van der Waals surface area contributed by atoms with E-state index in [0.717, 1.165) is 31.5 Å². The molecule has 5 heteroatoms. The molecule has 2 rings (SSSR count). The van der Waals surface area contributed by atoms with Gasteiger partial charge in [-0.25, -0.2) is 0 Å². The molecular formula is C15H31N5. The molecule has 116 valence electrons. The molecule has 2 N–H and O–H groups in total. The van der Waals surface area contributed by atoms with Crippen LogP contribution in [-0.4, -0.2) is 74.2 Å². The molecule has 1 saturated carbocycles. The van der Waals surface area contributed by atoms with Crippen LogP contribution >= 0.6 is 0 Å². The van der Waals surface area contributed by atoms with E-state index in [0.29, 0.717) is 6.04 Å². The van der Waals surface area contributed by atoms with Crippen molar-refractivity contribution >= 4 is 5.96 Å². The molecule has 0 radical (unpaired) electrons. The van der Waals surface area contributed by atoms with E-state index in [4.69, 9.17) is 4.99 Å². The summed E-state index contributed by atoms with van der Waals surface area (Å²) in [5.41, 5.74) is 0. The topological polar surface area (TPSA) is 42.9 Å². The van der Waals surface area contributed by atoms with Gasteiger partial charge in [0.05, 0.1) is 6.54 Å². The molecule has 5 nitrogen and oxygen atoms in total. The van der Waals surface area contributed by atoms with Crippen LogP contribution in [-0.2, 0) is 0 Å². The van der Waals surface area contributed by atoms with E-state index in [1.807, 2.05) is 0 Å². The third kappa shape index (κ3) is 4.94. The number of likely N-dealkylation sites (N-methyl/N-ethyl adjacent to an activating group) is 1. The average molecular weight is 281 g/mol. The largest absolute Gasteiger partial charge is 0.357 e. The minimum atomic E-state index is 0.640. The van der Waals surface area contributed by atoms with Crippen molar-refractivity contribution in [2.45, 2.75) is 33.2 Å². The van der Waals surface area contributed by atoms with E-state index in [1.165, 1.54) is 39.1 Å². The number of aliphatic imine (C=N–C) groups is 1. The molecule has 0 aromatic carbocycles. The fourth-order valence-corrected chi connectivity index (χ4v) is 2.65. The van der Waals surface area contributed by atoms with Crippen LogP contribution in [0.1, 0.15) is 27.2 Å². The van der Waals surface area contributed by atoms with E-state index in [2.05, 4.69) is 41.2 Å². The lowest BCUT2D eigenvalue weighted by atomic mass is 10.3. The minimum absolute atomic E-state index is 0.640. The summed E-state index contributed by atoms with van der Waals surface area (Å²) in [7, 11) is 0. The Morgan fingerprint density at radius 1 is 1.15 bits per heavy atom. The summed E-state index contributed by atoms with van der Waals surface area (Å²) in [6, 6.07) is 0.640. The monoisotopic (exact) mass is 281 g/mol. The molecule has 0 aromatic heterocycles. The molecule has 0 amide bonds. The maximum Gasteiger partial charge on any atom is 0.191 e. The second-order valence-corrected chi connectivity index (χ2v) is 6.00. The third-order valence-electron chi connectivity index (χ3n) is 4.37. The lowest BCUT2D eigenvalue weighted by molar-refractivity contribution is 0.140. The van der Waals surface area contributed by atoms with E-state index in [9.17, 15) is 0 Å². The zero-order valence-corrected chi connectivity index (χ0v) is 13.4. The number of hydrogen-bond donors (Lipinski definition) is 2. The van der Waals surface area contributed by atoms with Crippen LogP contribution < -0.4 is 10.6 Å². The van der Waals surface area contributed by atoms with Crippen molar-refractivity contribution in [3.63, 3.8) is 0 Å². The molecular weight excluding hydrogens is 250 g/mol. The molecule has 2 aliphatic rings. The van der Waals surface area contributed by atoms with Crippen molar-refractivity contribution in [2.24, 2.45) is 10.9 Å². The van der Waals surface area contributed by atoms with Gasteiger partial charge in [0.25, 0.3) is 0 Å². The summed E-state index contributed by atoms with van der Waals surface area (Å²) >= 11 is 0. The van der Waals surface area contributed by atoms with E-state index >= 15 is 0 Å². The average Bonchev–Trinajstić information content (AvgIpc) is 3.15.